The van der Waals surface area contributed by atoms with E-state index < -0.39 is 0 Å². The van der Waals surface area contributed by atoms with Crippen LogP contribution >= 0.6 is 0 Å². The lowest BCUT2D eigenvalue weighted by atomic mass is 10.2. The summed E-state index contributed by atoms with van der Waals surface area (Å²) in [5.74, 6) is 0. The zero-order chi connectivity index (χ0) is 11.4. The van der Waals surface area contributed by atoms with Gasteiger partial charge in [-0.3, -0.25) is 0 Å². The monoisotopic (exact) mass is 211 g/mol. The van der Waals surface area contributed by atoms with Gasteiger partial charge in [-0.05, 0) is 51.7 Å². The first kappa shape index (κ1) is 14.7. The average Bonchev–Trinajstić information content (AvgIpc) is 2.27. The van der Waals surface area contributed by atoms with Crippen LogP contribution in [0.5, 0.6) is 0 Å². The van der Waals surface area contributed by atoms with Crippen LogP contribution in [0.1, 0.15) is 58.8 Å². The van der Waals surface area contributed by atoms with Crippen molar-refractivity contribution in [3.8, 4) is 0 Å². The van der Waals surface area contributed by atoms with E-state index in [0.717, 1.165) is 0 Å². The molecule has 0 aromatic heterocycles. The molecule has 0 radical (unpaired) electrons. The van der Waals surface area contributed by atoms with Gasteiger partial charge >= 0.3 is 0 Å². The summed E-state index contributed by atoms with van der Waals surface area (Å²) in [6, 6.07) is 0. The van der Waals surface area contributed by atoms with E-state index in [2.05, 4.69) is 25.3 Å². The Morgan fingerprint density at radius 1 is 0.867 bits per heavy atom. The summed E-state index contributed by atoms with van der Waals surface area (Å²) in [6.07, 6.45) is 11.2. The van der Waals surface area contributed by atoms with Crippen molar-refractivity contribution in [2.45, 2.75) is 58.8 Å². The summed E-state index contributed by atoms with van der Waals surface area (Å²) in [5.41, 5.74) is 0. The van der Waals surface area contributed by atoms with Crippen LogP contribution in [-0.4, -0.2) is 24.5 Å². The lowest BCUT2D eigenvalue weighted by Crippen LogP contribution is -2.27. The lowest BCUT2D eigenvalue weighted by Gasteiger charge is -2.21. The molecule has 0 aliphatic rings. The van der Waals surface area contributed by atoms with Gasteiger partial charge in [-0.15, -0.1) is 6.58 Å². The number of rotatable bonds is 11. The number of hydrogen-bond donors (Lipinski definition) is 0. The third-order valence-electron chi connectivity index (χ3n) is 2.79. The largest absolute Gasteiger partial charge is 0.303 e. The summed E-state index contributed by atoms with van der Waals surface area (Å²) in [5, 5.41) is 0. The molecule has 15 heavy (non-hydrogen) atoms. The molecular formula is C14H29N. The third-order valence-corrected chi connectivity index (χ3v) is 2.79. The molecule has 0 amide bonds. The van der Waals surface area contributed by atoms with E-state index >= 15 is 0 Å². The topological polar surface area (TPSA) is 3.24 Å². The second kappa shape index (κ2) is 11.8. The van der Waals surface area contributed by atoms with Gasteiger partial charge in [0.05, 0.1) is 0 Å². The fourth-order valence-corrected chi connectivity index (χ4v) is 1.72. The molecule has 1 heteroatoms. The summed E-state index contributed by atoms with van der Waals surface area (Å²) < 4.78 is 0. The Hall–Kier alpha value is -0.300. The van der Waals surface area contributed by atoms with Crippen LogP contribution in [0, 0.1) is 0 Å². The first-order valence-electron chi connectivity index (χ1n) is 6.68. The van der Waals surface area contributed by atoms with Crippen LogP contribution in [0.4, 0.5) is 0 Å². The molecule has 0 aliphatic carbocycles. The molecule has 0 saturated heterocycles. The van der Waals surface area contributed by atoms with Gasteiger partial charge in [-0.25, -0.2) is 0 Å². The highest BCUT2D eigenvalue weighted by atomic mass is 15.1. The molecule has 0 spiro atoms. The van der Waals surface area contributed by atoms with Gasteiger partial charge in [-0.2, -0.15) is 0 Å². The van der Waals surface area contributed by atoms with Crippen molar-refractivity contribution >= 4 is 0 Å². The fourth-order valence-electron chi connectivity index (χ4n) is 1.72. The highest BCUT2D eigenvalue weighted by Gasteiger charge is 2.02. The molecule has 0 saturated carbocycles. The molecule has 0 bridgehead atoms. The molecule has 1 nitrogen and oxygen atoms in total. The van der Waals surface area contributed by atoms with Gasteiger partial charge in [0.1, 0.15) is 0 Å². The zero-order valence-electron chi connectivity index (χ0n) is 10.8. The molecule has 0 fully saturated rings. The fraction of sp³-hybridized carbons (Fsp3) is 0.857. The maximum Gasteiger partial charge on any atom is -0.00186 e. The van der Waals surface area contributed by atoms with Crippen molar-refractivity contribution in [2.75, 3.05) is 19.6 Å². The Bertz CT molecular complexity index is 123. The van der Waals surface area contributed by atoms with Gasteiger partial charge in [0.25, 0.3) is 0 Å². The first-order chi connectivity index (χ1) is 7.35. The van der Waals surface area contributed by atoms with Crippen LogP contribution in [0.2, 0.25) is 0 Å². The van der Waals surface area contributed by atoms with Gasteiger partial charge in [-0.1, -0.05) is 32.8 Å². The third kappa shape index (κ3) is 9.99. The van der Waals surface area contributed by atoms with E-state index in [1.165, 1.54) is 64.6 Å². The molecule has 0 aromatic rings. The summed E-state index contributed by atoms with van der Waals surface area (Å²) in [4.78, 5) is 2.64. The predicted molar refractivity (Wildman–Crippen MR) is 70.3 cm³/mol. The molecule has 0 N–H and O–H groups in total. The molecule has 0 aromatic carbocycles. The Morgan fingerprint density at radius 2 is 1.40 bits per heavy atom. The molecule has 0 rings (SSSR count). The van der Waals surface area contributed by atoms with Crippen LogP contribution < -0.4 is 0 Å². The number of unbranched alkanes of at least 4 members (excludes halogenated alkanes) is 4. The number of hydrogen-bond acceptors (Lipinski definition) is 1. The zero-order valence-corrected chi connectivity index (χ0v) is 10.8. The van der Waals surface area contributed by atoms with Gasteiger partial charge in [0.2, 0.25) is 0 Å². The summed E-state index contributed by atoms with van der Waals surface area (Å²) in [6.45, 7) is 12.2. The minimum Gasteiger partial charge on any atom is -0.303 e. The quantitative estimate of drug-likeness (QED) is 0.365. The van der Waals surface area contributed by atoms with Crippen molar-refractivity contribution < 1.29 is 0 Å². The molecule has 0 unspecified atom stereocenters. The van der Waals surface area contributed by atoms with Crippen molar-refractivity contribution in [1.82, 2.24) is 4.90 Å². The van der Waals surface area contributed by atoms with Crippen LogP contribution in [0.3, 0.4) is 0 Å². The summed E-state index contributed by atoms with van der Waals surface area (Å²) in [7, 11) is 0. The second-order valence-electron chi connectivity index (χ2n) is 4.33. The highest BCUT2D eigenvalue weighted by Crippen LogP contribution is 2.03. The van der Waals surface area contributed by atoms with E-state index in [0.29, 0.717) is 0 Å². The van der Waals surface area contributed by atoms with Crippen LogP contribution in [-0.2, 0) is 0 Å². The van der Waals surface area contributed by atoms with E-state index in [-0.39, 0.29) is 0 Å². The Kier molecular flexibility index (Phi) is 11.5. The van der Waals surface area contributed by atoms with E-state index in [1.807, 2.05) is 6.08 Å². The Morgan fingerprint density at radius 3 is 1.87 bits per heavy atom. The van der Waals surface area contributed by atoms with Gasteiger partial charge in [0, 0.05) is 0 Å². The number of allylic oxidation sites excluding steroid dienone is 1. The SMILES string of the molecule is C=CCCCCN(CCCC)CCCC. The average molecular weight is 211 g/mol. The van der Waals surface area contributed by atoms with E-state index in [4.69, 9.17) is 0 Å². The minimum atomic E-state index is 1.18. The Labute approximate surface area is 96.6 Å². The standard InChI is InChI=1S/C14H29N/c1-4-7-10-11-14-15(12-8-5-2)13-9-6-3/h4H,1,5-14H2,2-3H3. The second-order valence-corrected chi connectivity index (χ2v) is 4.33. The van der Waals surface area contributed by atoms with E-state index in [9.17, 15) is 0 Å². The maximum absolute atomic E-state index is 3.76. The normalized spacial score (nSPS) is 10.9. The predicted octanol–water partition coefficient (Wildman–Crippen LogP) is 4.24. The highest BCUT2D eigenvalue weighted by molar-refractivity contribution is 4.66. The molecular weight excluding hydrogens is 182 g/mol. The Balaban J connectivity index is 3.53. The van der Waals surface area contributed by atoms with Crippen LogP contribution in [0.25, 0.3) is 0 Å². The van der Waals surface area contributed by atoms with Crippen molar-refractivity contribution in [3.05, 3.63) is 12.7 Å². The van der Waals surface area contributed by atoms with Gasteiger partial charge < -0.3 is 4.90 Å². The van der Waals surface area contributed by atoms with Gasteiger partial charge in [0.15, 0.2) is 0 Å². The molecule has 0 heterocycles. The van der Waals surface area contributed by atoms with E-state index in [1.54, 1.807) is 0 Å². The van der Waals surface area contributed by atoms with Crippen molar-refractivity contribution in [1.29, 1.82) is 0 Å². The minimum absolute atomic E-state index is 1.18. The smallest absolute Gasteiger partial charge is 0.00186 e. The molecule has 0 aliphatic heterocycles. The summed E-state index contributed by atoms with van der Waals surface area (Å²) >= 11 is 0. The molecule has 0 atom stereocenters. The number of nitrogens with zero attached hydrogens (tertiary/aromatic N) is 1. The van der Waals surface area contributed by atoms with Crippen LogP contribution in [0.15, 0.2) is 12.7 Å². The first-order valence-corrected chi connectivity index (χ1v) is 6.68. The lowest BCUT2D eigenvalue weighted by molar-refractivity contribution is 0.260. The maximum atomic E-state index is 3.76. The van der Waals surface area contributed by atoms with Crippen molar-refractivity contribution in [2.24, 2.45) is 0 Å². The molecule has 90 valence electrons. The van der Waals surface area contributed by atoms with Crippen molar-refractivity contribution in [3.63, 3.8) is 0 Å².